The number of aromatic nitrogens is 1. The van der Waals surface area contributed by atoms with Crippen LogP contribution in [0.15, 0.2) is 36.5 Å². The third kappa shape index (κ3) is 4.11. The SMILES string of the molecule is COC(=O)c1cc(-c2ccc([N+](=O)[O-])cn2)ccc1N(CC1CC1)C(C)=O. The van der Waals surface area contributed by atoms with E-state index in [2.05, 4.69) is 4.98 Å². The lowest BCUT2D eigenvalue weighted by molar-refractivity contribution is -0.385. The summed E-state index contributed by atoms with van der Waals surface area (Å²) in [5.41, 5.74) is 1.71. The number of nitro groups is 1. The van der Waals surface area contributed by atoms with Gasteiger partial charge >= 0.3 is 5.97 Å². The zero-order valence-electron chi connectivity index (χ0n) is 15.0. The first-order chi connectivity index (χ1) is 12.9. The standard InChI is InChI=1S/C19H19N3O5/c1-12(23)21(11-13-3-4-13)18-8-5-14(9-16(18)19(24)27-2)17-7-6-15(10-20-17)22(25)26/h5-10,13H,3-4,11H2,1-2H3. The first-order valence-corrected chi connectivity index (χ1v) is 8.52. The molecule has 140 valence electrons. The Morgan fingerprint density at radius 1 is 1.30 bits per heavy atom. The summed E-state index contributed by atoms with van der Waals surface area (Å²) in [4.78, 5) is 40.4. The Hall–Kier alpha value is -3.29. The minimum atomic E-state index is -0.559. The number of rotatable bonds is 6. The van der Waals surface area contributed by atoms with Gasteiger partial charge in [0.05, 0.1) is 29.0 Å². The van der Waals surface area contributed by atoms with E-state index in [1.807, 2.05) is 0 Å². The molecule has 1 heterocycles. The number of benzene rings is 1. The molecule has 0 saturated heterocycles. The van der Waals surface area contributed by atoms with Crippen molar-refractivity contribution in [2.75, 3.05) is 18.6 Å². The Labute approximate surface area is 155 Å². The van der Waals surface area contributed by atoms with Gasteiger partial charge in [0.1, 0.15) is 6.20 Å². The van der Waals surface area contributed by atoms with Gasteiger partial charge in [0.2, 0.25) is 5.91 Å². The lowest BCUT2D eigenvalue weighted by Gasteiger charge is -2.23. The van der Waals surface area contributed by atoms with Gasteiger partial charge in [0, 0.05) is 25.1 Å². The molecule has 1 aliphatic carbocycles. The van der Waals surface area contributed by atoms with Crippen LogP contribution in [-0.2, 0) is 9.53 Å². The van der Waals surface area contributed by atoms with Gasteiger partial charge in [-0.05, 0) is 37.0 Å². The highest BCUT2D eigenvalue weighted by Gasteiger charge is 2.29. The summed E-state index contributed by atoms with van der Waals surface area (Å²) < 4.78 is 4.88. The number of ether oxygens (including phenoxy) is 1. The topological polar surface area (TPSA) is 103 Å². The second-order valence-electron chi connectivity index (χ2n) is 6.46. The number of nitrogens with zero attached hydrogens (tertiary/aromatic N) is 3. The zero-order chi connectivity index (χ0) is 19.6. The molecule has 8 heteroatoms. The molecule has 0 unspecified atom stereocenters. The summed E-state index contributed by atoms with van der Waals surface area (Å²) in [7, 11) is 1.28. The van der Waals surface area contributed by atoms with Crippen LogP contribution in [0, 0.1) is 16.0 Å². The number of pyridine rings is 1. The molecule has 1 aromatic heterocycles. The van der Waals surface area contributed by atoms with Crippen LogP contribution in [0.4, 0.5) is 11.4 Å². The number of hydrogen-bond acceptors (Lipinski definition) is 6. The fourth-order valence-corrected chi connectivity index (χ4v) is 2.82. The van der Waals surface area contributed by atoms with Crippen LogP contribution in [0.5, 0.6) is 0 Å². The maximum absolute atomic E-state index is 12.3. The molecule has 1 aliphatic rings. The van der Waals surface area contributed by atoms with Crippen molar-refractivity contribution < 1.29 is 19.2 Å². The Balaban J connectivity index is 2.01. The predicted molar refractivity (Wildman–Crippen MR) is 98.4 cm³/mol. The summed E-state index contributed by atoms with van der Waals surface area (Å²) >= 11 is 0. The van der Waals surface area contributed by atoms with Crippen LogP contribution in [0.25, 0.3) is 11.3 Å². The monoisotopic (exact) mass is 369 g/mol. The average Bonchev–Trinajstić information content (AvgIpc) is 3.49. The highest BCUT2D eigenvalue weighted by atomic mass is 16.6. The molecule has 1 fully saturated rings. The van der Waals surface area contributed by atoms with Crippen molar-refractivity contribution in [1.29, 1.82) is 0 Å². The molecular weight excluding hydrogens is 350 g/mol. The molecule has 2 aromatic rings. The van der Waals surface area contributed by atoms with E-state index in [4.69, 9.17) is 4.74 Å². The molecule has 3 rings (SSSR count). The van der Waals surface area contributed by atoms with E-state index >= 15 is 0 Å². The summed E-state index contributed by atoms with van der Waals surface area (Å²) in [6.45, 7) is 2.03. The maximum Gasteiger partial charge on any atom is 0.340 e. The third-order valence-corrected chi connectivity index (χ3v) is 4.46. The molecule has 27 heavy (non-hydrogen) atoms. The molecule has 0 N–H and O–H groups in total. The first kappa shape index (κ1) is 18.5. The lowest BCUT2D eigenvalue weighted by Crippen LogP contribution is -2.32. The second-order valence-corrected chi connectivity index (χ2v) is 6.46. The fourth-order valence-electron chi connectivity index (χ4n) is 2.82. The smallest absolute Gasteiger partial charge is 0.340 e. The van der Waals surface area contributed by atoms with Gasteiger partial charge < -0.3 is 9.64 Å². The van der Waals surface area contributed by atoms with Gasteiger partial charge in [-0.25, -0.2) is 9.78 Å². The van der Waals surface area contributed by atoms with Gasteiger partial charge in [-0.2, -0.15) is 0 Å². The largest absolute Gasteiger partial charge is 0.465 e. The van der Waals surface area contributed by atoms with Crippen molar-refractivity contribution in [2.24, 2.45) is 5.92 Å². The molecule has 0 atom stereocenters. The fraction of sp³-hybridized carbons (Fsp3) is 0.316. The van der Waals surface area contributed by atoms with Crippen LogP contribution in [0.2, 0.25) is 0 Å². The van der Waals surface area contributed by atoms with Crippen molar-refractivity contribution in [1.82, 2.24) is 4.98 Å². The van der Waals surface area contributed by atoms with Gasteiger partial charge in [-0.1, -0.05) is 6.07 Å². The Morgan fingerprint density at radius 3 is 2.56 bits per heavy atom. The van der Waals surface area contributed by atoms with Crippen LogP contribution in [-0.4, -0.2) is 35.4 Å². The second kappa shape index (κ2) is 7.53. The molecule has 1 aromatic carbocycles. The van der Waals surface area contributed by atoms with E-state index in [-0.39, 0.29) is 17.2 Å². The van der Waals surface area contributed by atoms with Crippen molar-refractivity contribution in [3.8, 4) is 11.3 Å². The molecule has 0 bridgehead atoms. The maximum atomic E-state index is 12.3. The minimum absolute atomic E-state index is 0.115. The number of hydrogen-bond donors (Lipinski definition) is 0. The summed E-state index contributed by atoms with van der Waals surface area (Å²) in [5, 5.41) is 10.8. The molecule has 8 nitrogen and oxygen atoms in total. The molecular formula is C19H19N3O5. The lowest BCUT2D eigenvalue weighted by atomic mass is 10.0. The number of anilines is 1. The molecule has 0 spiro atoms. The van der Waals surface area contributed by atoms with E-state index in [9.17, 15) is 19.7 Å². The van der Waals surface area contributed by atoms with Crippen LogP contribution < -0.4 is 4.90 Å². The zero-order valence-corrected chi connectivity index (χ0v) is 15.0. The molecule has 0 aliphatic heterocycles. The number of carbonyl (C=O) groups excluding carboxylic acids is 2. The highest BCUT2D eigenvalue weighted by molar-refractivity contribution is 6.03. The van der Waals surface area contributed by atoms with Gasteiger partial charge in [-0.3, -0.25) is 14.9 Å². The molecule has 1 amide bonds. The number of esters is 1. The summed E-state index contributed by atoms with van der Waals surface area (Å²) in [5.74, 6) is -0.250. The van der Waals surface area contributed by atoms with E-state index < -0.39 is 10.9 Å². The minimum Gasteiger partial charge on any atom is -0.465 e. The molecule has 0 radical (unpaired) electrons. The van der Waals surface area contributed by atoms with Crippen LogP contribution in [0.3, 0.4) is 0 Å². The van der Waals surface area contributed by atoms with Crippen molar-refractivity contribution >= 4 is 23.3 Å². The Morgan fingerprint density at radius 2 is 2.04 bits per heavy atom. The highest BCUT2D eigenvalue weighted by Crippen LogP contribution is 2.34. The number of carbonyl (C=O) groups is 2. The quantitative estimate of drug-likeness (QED) is 0.440. The first-order valence-electron chi connectivity index (χ1n) is 8.52. The van der Waals surface area contributed by atoms with E-state index in [1.165, 1.54) is 26.2 Å². The van der Waals surface area contributed by atoms with Gasteiger partial charge in [0.25, 0.3) is 5.69 Å². The summed E-state index contributed by atoms with van der Waals surface area (Å²) in [6, 6.07) is 7.88. The van der Waals surface area contributed by atoms with Gasteiger partial charge in [0.15, 0.2) is 0 Å². The van der Waals surface area contributed by atoms with Crippen molar-refractivity contribution in [3.05, 3.63) is 52.2 Å². The van der Waals surface area contributed by atoms with Crippen molar-refractivity contribution in [2.45, 2.75) is 19.8 Å². The Kier molecular flexibility index (Phi) is 5.16. The predicted octanol–water partition coefficient (Wildman–Crippen LogP) is 3.21. The summed E-state index contributed by atoms with van der Waals surface area (Å²) in [6.07, 6.45) is 3.31. The average molecular weight is 369 g/mol. The van der Waals surface area contributed by atoms with E-state index in [0.717, 1.165) is 19.0 Å². The van der Waals surface area contributed by atoms with Gasteiger partial charge in [-0.15, -0.1) is 0 Å². The Bertz CT molecular complexity index is 891. The van der Waals surface area contributed by atoms with E-state index in [1.54, 1.807) is 23.1 Å². The normalized spacial score (nSPS) is 13.1. The van der Waals surface area contributed by atoms with E-state index in [0.29, 0.717) is 29.4 Å². The number of methoxy groups -OCH3 is 1. The van der Waals surface area contributed by atoms with Crippen molar-refractivity contribution in [3.63, 3.8) is 0 Å². The molecule has 1 saturated carbocycles. The van der Waals surface area contributed by atoms with Crippen LogP contribution >= 0.6 is 0 Å². The third-order valence-electron chi connectivity index (χ3n) is 4.46. The van der Waals surface area contributed by atoms with Crippen LogP contribution in [0.1, 0.15) is 30.1 Å². The number of amides is 1.